The van der Waals surface area contributed by atoms with Crippen molar-refractivity contribution >= 4 is 28.9 Å². The molecular weight excluding hydrogens is 264 g/mol. The van der Waals surface area contributed by atoms with Gasteiger partial charge in [0, 0.05) is 11.3 Å². The van der Waals surface area contributed by atoms with Gasteiger partial charge in [0.2, 0.25) is 0 Å². The maximum absolute atomic E-state index is 12.0. The summed E-state index contributed by atoms with van der Waals surface area (Å²) in [5.41, 5.74) is 7.67. The topological polar surface area (TPSA) is 75.4 Å². The molecule has 0 spiro atoms. The Hall–Kier alpha value is -2.20. The zero-order valence-corrected chi connectivity index (χ0v) is 11.0. The van der Waals surface area contributed by atoms with Gasteiger partial charge in [0.25, 0.3) is 5.91 Å². The van der Waals surface area contributed by atoms with Crippen molar-refractivity contribution in [3.05, 3.63) is 52.5 Å². The van der Waals surface area contributed by atoms with E-state index in [1.807, 2.05) is 0 Å². The van der Waals surface area contributed by atoms with Crippen molar-refractivity contribution in [1.82, 2.24) is 0 Å². The molecule has 1 amide bonds. The highest BCUT2D eigenvalue weighted by Crippen LogP contribution is 2.23. The number of carbonyl (C=O) groups is 1. The Morgan fingerprint density at radius 2 is 2.00 bits per heavy atom. The lowest BCUT2D eigenvalue weighted by atomic mass is 10.1. The quantitative estimate of drug-likeness (QED) is 0.737. The SMILES string of the molecule is Cc1ccc(C(=O)Nc2ccc(N)c(Cl)c2)cc1O. The van der Waals surface area contributed by atoms with Crippen LogP contribution in [0.15, 0.2) is 36.4 Å². The van der Waals surface area contributed by atoms with Crippen molar-refractivity contribution < 1.29 is 9.90 Å². The van der Waals surface area contributed by atoms with Crippen molar-refractivity contribution in [1.29, 1.82) is 0 Å². The third-order valence-electron chi connectivity index (χ3n) is 2.73. The monoisotopic (exact) mass is 276 g/mol. The van der Waals surface area contributed by atoms with Gasteiger partial charge in [0.1, 0.15) is 5.75 Å². The third kappa shape index (κ3) is 2.98. The molecule has 4 nitrogen and oxygen atoms in total. The summed E-state index contributed by atoms with van der Waals surface area (Å²) in [5, 5.41) is 12.6. The molecule has 19 heavy (non-hydrogen) atoms. The van der Waals surface area contributed by atoms with Crippen molar-refractivity contribution in [2.24, 2.45) is 0 Å². The van der Waals surface area contributed by atoms with Gasteiger partial charge in [-0.1, -0.05) is 17.7 Å². The number of phenols is 1. The number of nitrogen functional groups attached to an aromatic ring is 1. The van der Waals surface area contributed by atoms with Crippen LogP contribution in [-0.2, 0) is 0 Å². The first kappa shape index (κ1) is 13.2. The van der Waals surface area contributed by atoms with Crippen LogP contribution in [0.2, 0.25) is 5.02 Å². The van der Waals surface area contributed by atoms with Gasteiger partial charge >= 0.3 is 0 Å². The van der Waals surface area contributed by atoms with Gasteiger partial charge in [-0.3, -0.25) is 4.79 Å². The molecule has 0 saturated heterocycles. The first-order valence-electron chi connectivity index (χ1n) is 5.63. The highest BCUT2D eigenvalue weighted by atomic mass is 35.5. The van der Waals surface area contributed by atoms with Crippen LogP contribution in [0.4, 0.5) is 11.4 Å². The lowest BCUT2D eigenvalue weighted by Gasteiger charge is -2.08. The van der Waals surface area contributed by atoms with Gasteiger partial charge in [-0.05, 0) is 42.8 Å². The van der Waals surface area contributed by atoms with Crippen molar-refractivity contribution in [2.75, 3.05) is 11.1 Å². The van der Waals surface area contributed by atoms with Crippen LogP contribution in [0.3, 0.4) is 0 Å². The fourth-order valence-electron chi connectivity index (χ4n) is 1.56. The molecule has 98 valence electrons. The van der Waals surface area contributed by atoms with E-state index in [1.165, 1.54) is 6.07 Å². The molecule has 0 atom stereocenters. The summed E-state index contributed by atoms with van der Waals surface area (Å²) in [4.78, 5) is 12.0. The second kappa shape index (κ2) is 5.20. The maximum atomic E-state index is 12.0. The van der Waals surface area contributed by atoms with E-state index in [1.54, 1.807) is 37.3 Å². The number of nitrogens with one attached hydrogen (secondary N) is 1. The molecule has 0 aromatic heterocycles. The Morgan fingerprint density at radius 3 is 2.63 bits per heavy atom. The van der Waals surface area contributed by atoms with Crippen LogP contribution in [0.1, 0.15) is 15.9 Å². The molecule has 2 rings (SSSR count). The number of nitrogens with two attached hydrogens (primary N) is 1. The van der Waals surface area contributed by atoms with Crippen LogP contribution in [0.25, 0.3) is 0 Å². The minimum Gasteiger partial charge on any atom is -0.508 e. The second-order valence-corrected chi connectivity index (χ2v) is 4.60. The van der Waals surface area contributed by atoms with E-state index in [0.717, 1.165) is 0 Å². The Bertz CT molecular complexity index is 641. The van der Waals surface area contributed by atoms with E-state index in [4.69, 9.17) is 17.3 Å². The average Bonchev–Trinajstić information content (AvgIpc) is 2.37. The number of phenolic OH excluding ortho intramolecular Hbond substituents is 1. The highest BCUT2D eigenvalue weighted by molar-refractivity contribution is 6.33. The summed E-state index contributed by atoms with van der Waals surface area (Å²) in [5.74, 6) is -0.237. The molecule has 0 bridgehead atoms. The molecule has 4 N–H and O–H groups in total. The van der Waals surface area contributed by atoms with E-state index >= 15 is 0 Å². The second-order valence-electron chi connectivity index (χ2n) is 4.19. The molecule has 5 heteroatoms. The summed E-state index contributed by atoms with van der Waals surface area (Å²) in [6, 6.07) is 9.59. The molecule has 0 aliphatic rings. The van der Waals surface area contributed by atoms with E-state index < -0.39 is 0 Å². The summed E-state index contributed by atoms with van der Waals surface area (Å²) in [7, 11) is 0. The van der Waals surface area contributed by atoms with Crippen LogP contribution in [0.5, 0.6) is 5.75 Å². The molecule has 0 heterocycles. The number of aromatic hydroxyl groups is 1. The first-order valence-corrected chi connectivity index (χ1v) is 6.01. The van der Waals surface area contributed by atoms with Gasteiger partial charge in [-0.2, -0.15) is 0 Å². The summed E-state index contributed by atoms with van der Waals surface area (Å²) < 4.78 is 0. The number of carbonyl (C=O) groups excluding carboxylic acids is 1. The van der Waals surface area contributed by atoms with Gasteiger partial charge < -0.3 is 16.2 Å². The molecule has 0 radical (unpaired) electrons. The molecule has 0 unspecified atom stereocenters. The number of halogens is 1. The molecule has 0 saturated carbocycles. The fraction of sp³-hybridized carbons (Fsp3) is 0.0714. The number of hydrogen-bond acceptors (Lipinski definition) is 3. The molecule has 2 aromatic rings. The van der Waals surface area contributed by atoms with E-state index in [9.17, 15) is 9.90 Å². The van der Waals surface area contributed by atoms with Crippen LogP contribution >= 0.6 is 11.6 Å². The number of amides is 1. The van der Waals surface area contributed by atoms with Crippen molar-refractivity contribution in [3.8, 4) is 5.75 Å². The van der Waals surface area contributed by atoms with E-state index in [0.29, 0.717) is 27.5 Å². The zero-order valence-electron chi connectivity index (χ0n) is 10.3. The number of aryl methyl sites for hydroxylation is 1. The minimum atomic E-state index is -0.323. The summed E-state index contributed by atoms with van der Waals surface area (Å²) >= 11 is 5.87. The smallest absolute Gasteiger partial charge is 0.255 e. The van der Waals surface area contributed by atoms with Crippen LogP contribution < -0.4 is 11.1 Å². The lowest BCUT2D eigenvalue weighted by molar-refractivity contribution is 0.102. The first-order chi connectivity index (χ1) is 8.97. The predicted molar refractivity (Wildman–Crippen MR) is 76.7 cm³/mol. The van der Waals surface area contributed by atoms with Gasteiger partial charge in [-0.15, -0.1) is 0 Å². The van der Waals surface area contributed by atoms with Crippen LogP contribution in [0, 0.1) is 6.92 Å². The molecule has 0 fully saturated rings. The van der Waals surface area contributed by atoms with Gasteiger partial charge in [-0.25, -0.2) is 0 Å². The fourth-order valence-corrected chi connectivity index (χ4v) is 1.74. The van der Waals surface area contributed by atoms with E-state index in [2.05, 4.69) is 5.32 Å². The third-order valence-corrected chi connectivity index (χ3v) is 3.06. The summed E-state index contributed by atoms with van der Waals surface area (Å²) in [6.07, 6.45) is 0. The largest absolute Gasteiger partial charge is 0.508 e. The number of rotatable bonds is 2. The van der Waals surface area contributed by atoms with Gasteiger partial charge in [0.15, 0.2) is 0 Å². The molecule has 0 aliphatic heterocycles. The van der Waals surface area contributed by atoms with Gasteiger partial charge in [0.05, 0.1) is 10.7 Å². The standard InChI is InChI=1S/C14H13ClN2O2/c1-8-2-3-9(6-13(8)18)14(19)17-10-4-5-12(16)11(15)7-10/h2-7,18H,16H2,1H3,(H,17,19). The molecule has 0 aliphatic carbocycles. The zero-order chi connectivity index (χ0) is 14.0. The Labute approximate surface area is 115 Å². The average molecular weight is 277 g/mol. The molecule has 2 aromatic carbocycles. The summed E-state index contributed by atoms with van der Waals surface area (Å²) in [6.45, 7) is 1.76. The normalized spacial score (nSPS) is 10.2. The van der Waals surface area contributed by atoms with E-state index in [-0.39, 0.29) is 11.7 Å². The Kier molecular flexibility index (Phi) is 3.62. The number of anilines is 2. The maximum Gasteiger partial charge on any atom is 0.255 e. The highest BCUT2D eigenvalue weighted by Gasteiger charge is 2.09. The number of hydrogen-bond donors (Lipinski definition) is 3. The van der Waals surface area contributed by atoms with Crippen molar-refractivity contribution in [3.63, 3.8) is 0 Å². The Morgan fingerprint density at radius 1 is 1.26 bits per heavy atom. The lowest BCUT2D eigenvalue weighted by Crippen LogP contribution is -2.11. The Balaban J connectivity index is 2.20. The molecular formula is C14H13ClN2O2. The predicted octanol–water partition coefficient (Wildman–Crippen LogP) is 3.19. The number of benzene rings is 2. The van der Waals surface area contributed by atoms with Crippen molar-refractivity contribution in [2.45, 2.75) is 6.92 Å². The van der Waals surface area contributed by atoms with Crippen LogP contribution in [-0.4, -0.2) is 11.0 Å². The minimum absolute atomic E-state index is 0.0861.